The molecular weight excluding hydrogens is 162 g/mol. The molecule has 0 aliphatic rings. The van der Waals surface area contributed by atoms with Gasteiger partial charge in [0.1, 0.15) is 0 Å². The standard InChI is InChI=1S/C10H23N3/c1-5-13(6-2)8-7-10(11)12-9(3)4/h9H,5-8H2,1-4H3,(H2,11,12). The monoisotopic (exact) mass is 185 g/mol. The van der Waals surface area contributed by atoms with Gasteiger partial charge in [0.25, 0.3) is 0 Å². The summed E-state index contributed by atoms with van der Waals surface area (Å²) in [5.41, 5.74) is 5.76. The van der Waals surface area contributed by atoms with E-state index in [1.54, 1.807) is 0 Å². The highest BCUT2D eigenvalue weighted by molar-refractivity contribution is 5.80. The quantitative estimate of drug-likeness (QED) is 0.503. The van der Waals surface area contributed by atoms with E-state index in [4.69, 9.17) is 5.73 Å². The molecule has 0 aliphatic heterocycles. The fourth-order valence-electron chi connectivity index (χ4n) is 1.21. The van der Waals surface area contributed by atoms with E-state index in [1.807, 2.05) is 13.8 Å². The highest BCUT2D eigenvalue weighted by atomic mass is 15.1. The third-order valence-electron chi connectivity index (χ3n) is 2.00. The Labute approximate surface area is 82.0 Å². The van der Waals surface area contributed by atoms with E-state index in [0.717, 1.165) is 31.9 Å². The largest absolute Gasteiger partial charge is 0.387 e. The van der Waals surface area contributed by atoms with Crippen LogP contribution in [0.5, 0.6) is 0 Å². The average molecular weight is 185 g/mol. The Morgan fingerprint density at radius 1 is 1.31 bits per heavy atom. The van der Waals surface area contributed by atoms with Crippen molar-refractivity contribution in [2.45, 2.75) is 40.2 Å². The Bertz CT molecular complexity index is 148. The second-order valence-electron chi connectivity index (χ2n) is 3.49. The molecule has 0 aromatic carbocycles. The summed E-state index contributed by atoms with van der Waals surface area (Å²) in [4.78, 5) is 6.64. The Balaban J connectivity index is 3.74. The first-order chi connectivity index (χ1) is 6.10. The fourth-order valence-corrected chi connectivity index (χ4v) is 1.21. The highest BCUT2D eigenvalue weighted by Gasteiger charge is 2.00. The molecule has 2 N–H and O–H groups in total. The lowest BCUT2D eigenvalue weighted by Crippen LogP contribution is -2.28. The number of hydrogen-bond acceptors (Lipinski definition) is 2. The summed E-state index contributed by atoms with van der Waals surface area (Å²) in [5.74, 6) is 0.780. The molecule has 0 radical (unpaired) electrons. The van der Waals surface area contributed by atoms with Crippen LogP contribution < -0.4 is 5.73 Å². The zero-order valence-corrected chi connectivity index (χ0v) is 9.38. The lowest BCUT2D eigenvalue weighted by atomic mass is 10.3. The normalized spacial score (nSPS) is 12.9. The first-order valence-corrected chi connectivity index (χ1v) is 5.14. The van der Waals surface area contributed by atoms with Crippen molar-refractivity contribution in [3.05, 3.63) is 0 Å². The van der Waals surface area contributed by atoms with Crippen LogP contribution >= 0.6 is 0 Å². The van der Waals surface area contributed by atoms with Crippen LogP contribution in [0.3, 0.4) is 0 Å². The summed E-state index contributed by atoms with van der Waals surface area (Å²) >= 11 is 0. The molecule has 0 bridgehead atoms. The summed E-state index contributed by atoms with van der Waals surface area (Å²) in [7, 11) is 0. The summed E-state index contributed by atoms with van der Waals surface area (Å²) in [6.07, 6.45) is 0.889. The molecule has 3 nitrogen and oxygen atoms in total. The van der Waals surface area contributed by atoms with Crippen molar-refractivity contribution in [2.24, 2.45) is 10.7 Å². The van der Waals surface area contributed by atoms with Crippen LogP contribution in [0.15, 0.2) is 4.99 Å². The van der Waals surface area contributed by atoms with Crippen LogP contribution in [0.2, 0.25) is 0 Å². The molecule has 0 fully saturated rings. The first kappa shape index (κ1) is 12.4. The van der Waals surface area contributed by atoms with E-state index in [-0.39, 0.29) is 0 Å². The number of aliphatic imine (C=N–C) groups is 1. The van der Waals surface area contributed by atoms with Gasteiger partial charge in [0.15, 0.2) is 0 Å². The number of amidine groups is 1. The maximum absolute atomic E-state index is 5.76. The van der Waals surface area contributed by atoms with Gasteiger partial charge in [0, 0.05) is 19.0 Å². The first-order valence-electron chi connectivity index (χ1n) is 5.14. The van der Waals surface area contributed by atoms with Gasteiger partial charge in [-0.2, -0.15) is 0 Å². The molecule has 0 amide bonds. The molecule has 0 unspecified atom stereocenters. The second kappa shape index (κ2) is 6.89. The third kappa shape index (κ3) is 6.58. The molecule has 0 atom stereocenters. The molecule has 0 saturated carbocycles. The molecule has 3 heteroatoms. The Hall–Kier alpha value is -0.570. The van der Waals surface area contributed by atoms with Gasteiger partial charge in [-0.1, -0.05) is 13.8 Å². The van der Waals surface area contributed by atoms with E-state index in [2.05, 4.69) is 23.7 Å². The Kier molecular flexibility index (Phi) is 6.59. The van der Waals surface area contributed by atoms with E-state index in [0.29, 0.717) is 6.04 Å². The number of hydrogen-bond donors (Lipinski definition) is 1. The molecule has 0 aromatic heterocycles. The van der Waals surface area contributed by atoms with Crippen LogP contribution in [0, 0.1) is 0 Å². The molecule has 0 heterocycles. The maximum Gasteiger partial charge on any atom is 0.0953 e. The smallest absolute Gasteiger partial charge is 0.0953 e. The van der Waals surface area contributed by atoms with Gasteiger partial charge in [0.2, 0.25) is 0 Å². The van der Waals surface area contributed by atoms with Gasteiger partial charge in [-0.3, -0.25) is 4.99 Å². The number of rotatable bonds is 6. The van der Waals surface area contributed by atoms with Gasteiger partial charge in [-0.05, 0) is 26.9 Å². The minimum absolute atomic E-state index is 0.316. The number of nitrogens with zero attached hydrogens (tertiary/aromatic N) is 2. The van der Waals surface area contributed by atoms with Gasteiger partial charge in [0.05, 0.1) is 5.84 Å². The minimum Gasteiger partial charge on any atom is -0.387 e. The van der Waals surface area contributed by atoms with Crippen LogP contribution in [-0.4, -0.2) is 36.4 Å². The van der Waals surface area contributed by atoms with Gasteiger partial charge in [-0.15, -0.1) is 0 Å². The SMILES string of the molecule is CCN(CC)CCC(N)=NC(C)C. The average Bonchev–Trinajstić information content (AvgIpc) is 2.05. The molecule has 0 saturated heterocycles. The predicted octanol–water partition coefficient (Wildman–Crippen LogP) is 1.48. The van der Waals surface area contributed by atoms with Crippen LogP contribution in [0.1, 0.15) is 34.1 Å². The van der Waals surface area contributed by atoms with E-state index >= 15 is 0 Å². The summed E-state index contributed by atoms with van der Waals surface area (Å²) in [6, 6.07) is 0.316. The van der Waals surface area contributed by atoms with Crippen molar-refractivity contribution in [1.82, 2.24) is 4.90 Å². The van der Waals surface area contributed by atoms with Crippen molar-refractivity contribution in [3.8, 4) is 0 Å². The molecule has 0 aliphatic carbocycles. The second-order valence-corrected chi connectivity index (χ2v) is 3.49. The van der Waals surface area contributed by atoms with E-state index in [9.17, 15) is 0 Å². The Morgan fingerprint density at radius 3 is 2.23 bits per heavy atom. The Morgan fingerprint density at radius 2 is 1.85 bits per heavy atom. The molecule has 0 rings (SSSR count). The zero-order chi connectivity index (χ0) is 10.3. The van der Waals surface area contributed by atoms with Crippen LogP contribution in [0.4, 0.5) is 0 Å². The zero-order valence-electron chi connectivity index (χ0n) is 9.38. The molecule has 0 spiro atoms. The van der Waals surface area contributed by atoms with Crippen molar-refractivity contribution >= 4 is 5.84 Å². The van der Waals surface area contributed by atoms with E-state index in [1.165, 1.54) is 0 Å². The highest BCUT2D eigenvalue weighted by Crippen LogP contribution is 1.93. The predicted molar refractivity (Wildman–Crippen MR) is 59.2 cm³/mol. The molecule has 13 heavy (non-hydrogen) atoms. The molecule has 0 aromatic rings. The fraction of sp³-hybridized carbons (Fsp3) is 0.900. The summed E-state index contributed by atoms with van der Waals surface area (Å²) in [6.45, 7) is 11.6. The summed E-state index contributed by atoms with van der Waals surface area (Å²) < 4.78 is 0. The van der Waals surface area contributed by atoms with E-state index < -0.39 is 0 Å². The maximum atomic E-state index is 5.76. The topological polar surface area (TPSA) is 41.6 Å². The summed E-state index contributed by atoms with van der Waals surface area (Å²) in [5, 5.41) is 0. The van der Waals surface area contributed by atoms with Crippen LogP contribution in [-0.2, 0) is 0 Å². The number of nitrogens with two attached hydrogens (primary N) is 1. The van der Waals surface area contributed by atoms with Gasteiger partial charge in [-0.25, -0.2) is 0 Å². The van der Waals surface area contributed by atoms with Crippen molar-refractivity contribution < 1.29 is 0 Å². The van der Waals surface area contributed by atoms with Crippen molar-refractivity contribution in [3.63, 3.8) is 0 Å². The van der Waals surface area contributed by atoms with Crippen molar-refractivity contribution in [1.29, 1.82) is 0 Å². The lowest BCUT2D eigenvalue weighted by Gasteiger charge is -2.17. The molecule has 78 valence electrons. The molecular formula is C10H23N3. The van der Waals surface area contributed by atoms with Crippen molar-refractivity contribution in [2.75, 3.05) is 19.6 Å². The minimum atomic E-state index is 0.316. The lowest BCUT2D eigenvalue weighted by molar-refractivity contribution is 0.313. The van der Waals surface area contributed by atoms with Crippen LogP contribution in [0.25, 0.3) is 0 Å². The van der Waals surface area contributed by atoms with Gasteiger partial charge < -0.3 is 10.6 Å². The third-order valence-corrected chi connectivity index (χ3v) is 2.00. The van der Waals surface area contributed by atoms with Gasteiger partial charge >= 0.3 is 0 Å².